The number of nitrogens with zero attached hydrogens (tertiary/aromatic N) is 2. The molecule has 0 saturated carbocycles. The molecule has 0 radical (unpaired) electrons. The van der Waals surface area contributed by atoms with Crippen molar-refractivity contribution in [3.05, 3.63) is 0 Å². The van der Waals surface area contributed by atoms with Crippen molar-refractivity contribution in [1.82, 2.24) is 20.4 Å². The predicted octanol–water partition coefficient (Wildman–Crippen LogP) is 1.46. The molecule has 6 nitrogen and oxygen atoms in total. The van der Waals surface area contributed by atoms with Gasteiger partial charge in [0.25, 0.3) is 0 Å². The fourth-order valence-corrected chi connectivity index (χ4v) is 2.83. The van der Waals surface area contributed by atoms with Crippen molar-refractivity contribution in [1.29, 1.82) is 0 Å². The molecule has 2 N–H and O–H groups in total. The molecule has 2 atom stereocenters. The molecule has 24 heavy (non-hydrogen) atoms. The Labute approximate surface area is 148 Å². The van der Waals surface area contributed by atoms with Crippen molar-refractivity contribution in [3.8, 4) is 0 Å². The first-order chi connectivity index (χ1) is 11.3. The number of unbranched alkanes of at least 4 members (excludes halogenated alkanes) is 3. The number of hydrogen-bond acceptors (Lipinski definition) is 4. The van der Waals surface area contributed by atoms with Gasteiger partial charge in [-0.05, 0) is 53.9 Å². The third-order valence-corrected chi connectivity index (χ3v) is 4.33. The van der Waals surface area contributed by atoms with Gasteiger partial charge in [0.1, 0.15) is 0 Å². The molecule has 0 aromatic rings. The van der Waals surface area contributed by atoms with E-state index >= 15 is 0 Å². The van der Waals surface area contributed by atoms with Crippen LogP contribution in [0.2, 0.25) is 0 Å². The lowest BCUT2D eigenvalue weighted by Crippen LogP contribution is -2.43. The minimum Gasteiger partial charge on any atom is -0.355 e. The number of amides is 2. The first-order valence-electron chi connectivity index (χ1n) is 9.23. The van der Waals surface area contributed by atoms with Crippen LogP contribution in [0.1, 0.15) is 52.4 Å². The Balaban J connectivity index is 3.68. The Hall–Kier alpha value is -1.14. The van der Waals surface area contributed by atoms with Gasteiger partial charge in [0.05, 0.1) is 12.1 Å². The third-order valence-electron chi connectivity index (χ3n) is 4.33. The summed E-state index contributed by atoms with van der Waals surface area (Å²) in [6.45, 7) is 5.51. The molecule has 0 aromatic heterocycles. The highest BCUT2D eigenvalue weighted by molar-refractivity contribution is 5.81. The standard InChI is InChI=1S/C18H38N4O2/c1-7-15(21(3)4)17(23)19-13-11-9-10-12-14-20-18(24)16(8-2)22(5)6/h15-16H,7-14H2,1-6H3,(H,19,23)(H,20,24). The highest BCUT2D eigenvalue weighted by Gasteiger charge is 2.18. The number of likely N-dealkylation sites (N-methyl/N-ethyl adjacent to an activating group) is 2. The number of hydrogen-bond donors (Lipinski definition) is 2. The van der Waals surface area contributed by atoms with Gasteiger partial charge in [0.15, 0.2) is 0 Å². The monoisotopic (exact) mass is 342 g/mol. The lowest BCUT2D eigenvalue weighted by Gasteiger charge is -2.22. The van der Waals surface area contributed by atoms with Crippen LogP contribution in [0, 0.1) is 0 Å². The second-order valence-corrected chi connectivity index (χ2v) is 6.77. The van der Waals surface area contributed by atoms with Crippen LogP contribution in [0.5, 0.6) is 0 Å². The van der Waals surface area contributed by atoms with E-state index < -0.39 is 0 Å². The first-order valence-corrected chi connectivity index (χ1v) is 9.23. The maximum Gasteiger partial charge on any atom is 0.237 e. The van der Waals surface area contributed by atoms with Crippen LogP contribution in [0.4, 0.5) is 0 Å². The SMILES string of the molecule is CCC(C(=O)NCCCCCCNC(=O)C(CC)N(C)C)N(C)C. The molecule has 142 valence electrons. The van der Waals surface area contributed by atoms with Crippen LogP contribution in [0.25, 0.3) is 0 Å². The zero-order valence-electron chi connectivity index (χ0n) is 16.5. The number of carbonyl (C=O) groups is 2. The van der Waals surface area contributed by atoms with Gasteiger partial charge in [0, 0.05) is 13.1 Å². The summed E-state index contributed by atoms with van der Waals surface area (Å²) < 4.78 is 0. The summed E-state index contributed by atoms with van der Waals surface area (Å²) in [4.78, 5) is 27.8. The largest absolute Gasteiger partial charge is 0.355 e. The molecule has 0 spiro atoms. The fourth-order valence-electron chi connectivity index (χ4n) is 2.83. The first kappa shape index (κ1) is 22.9. The minimum atomic E-state index is -0.0385. The molecule has 0 rings (SSSR count). The average molecular weight is 343 g/mol. The molecule has 0 aromatic carbocycles. The molecule has 0 fully saturated rings. The van der Waals surface area contributed by atoms with Crippen LogP contribution >= 0.6 is 0 Å². The van der Waals surface area contributed by atoms with Gasteiger partial charge in [-0.25, -0.2) is 0 Å². The highest BCUT2D eigenvalue weighted by atomic mass is 16.2. The van der Waals surface area contributed by atoms with E-state index in [1.165, 1.54) is 0 Å². The lowest BCUT2D eigenvalue weighted by atomic mass is 10.1. The molecular weight excluding hydrogens is 304 g/mol. The number of carbonyl (C=O) groups excluding carboxylic acids is 2. The van der Waals surface area contributed by atoms with E-state index in [9.17, 15) is 9.59 Å². The van der Waals surface area contributed by atoms with Crippen LogP contribution in [0.15, 0.2) is 0 Å². The average Bonchev–Trinajstić information content (AvgIpc) is 2.50. The molecule has 0 heterocycles. The summed E-state index contributed by atoms with van der Waals surface area (Å²) in [7, 11) is 7.73. The summed E-state index contributed by atoms with van der Waals surface area (Å²) in [6, 6.07) is -0.0770. The topological polar surface area (TPSA) is 64.7 Å². The van der Waals surface area contributed by atoms with Gasteiger partial charge in [-0.1, -0.05) is 26.7 Å². The molecule has 6 heteroatoms. The zero-order valence-corrected chi connectivity index (χ0v) is 16.5. The Kier molecular flexibility index (Phi) is 12.6. The fraction of sp³-hybridized carbons (Fsp3) is 0.889. The van der Waals surface area contributed by atoms with Crippen molar-refractivity contribution in [3.63, 3.8) is 0 Å². The predicted molar refractivity (Wildman–Crippen MR) is 100 cm³/mol. The van der Waals surface area contributed by atoms with E-state index in [-0.39, 0.29) is 23.9 Å². The van der Waals surface area contributed by atoms with E-state index in [1.807, 2.05) is 51.8 Å². The lowest BCUT2D eigenvalue weighted by molar-refractivity contribution is -0.126. The second-order valence-electron chi connectivity index (χ2n) is 6.77. The molecule has 0 saturated heterocycles. The molecule has 0 bridgehead atoms. The maximum absolute atomic E-state index is 12.0. The zero-order chi connectivity index (χ0) is 18.5. The van der Waals surface area contributed by atoms with Crippen molar-refractivity contribution in [2.75, 3.05) is 41.3 Å². The van der Waals surface area contributed by atoms with Gasteiger partial charge in [-0.3, -0.25) is 19.4 Å². The van der Waals surface area contributed by atoms with Crippen molar-refractivity contribution in [2.45, 2.75) is 64.5 Å². The summed E-state index contributed by atoms with van der Waals surface area (Å²) in [5.41, 5.74) is 0. The third kappa shape index (κ3) is 9.23. The Morgan fingerprint density at radius 1 is 0.708 bits per heavy atom. The summed E-state index contributed by atoms with van der Waals surface area (Å²) in [5.74, 6) is 0.230. The van der Waals surface area contributed by atoms with Crippen molar-refractivity contribution < 1.29 is 9.59 Å². The highest BCUT2D eigenvalue weighted by Crippen LogP contribution is 2.02. The number of rotatable bonds is 13. The van der Waals surface area contributed by atoms with E-state index in [4.69, 9.17) is 0 Å². The summed E-state index contributed by atoms with van der Waals surface area (Å²) >= 11 is 0. The van der Waals surface area contributed by atoms with Crippen LogP contribution in [-0.2, 0) is 9.59 Å². The summed E-state index contributed by atoms with van der Waals surface area (Å²) in [5, 5.41) is 6.01. The molecular formula is C18H38N4O2. The normalized spacial score (nSPS) is 13.8. The van der Waals surface area contributed by atoms with Gasteiger partial charge in [-0.15, -0.1) is 0 Å². The van der Waals surface area contributed by atoms with E-state index in [2.05, 4.69) is 10.6 Å². The smallest absolute Gasteiger partial charge is 0.237 e. The summed E-state index contributed by atoms with van der Waals surface area (Å²) in [6.07, 6.45) is 5.76. The second kappa shape index (κ2) is 13.2. The van der Waals surface area contributed by atoms with Crippen LogP contribution in [0.3, 0.4) is 0 Å². The Bertz CT molecular complexity index is 325. The quantitative estimate of drug-likeness (QED) is 0.497. The Morgan fingerprint density at radius 2 is 1.04 bits per heavy atom. The van der Waals surface area contributed by atoms with Gasteiger partial charge >= 0.3 is 0 Å². The van der Waals surface area contributed by atoms with Crippen molar-refractivity contribution in [2.24, 2.45) is 0 Å². The van der Waals surface area contributed by atoms with E-state index in [0.717, 1.165) is 51.6 Å². The minimum absolute atomic E-state index is 0.0385. The van der Waals surface area contributed by atoms with Crippen LogP contribution in [-0.4, -0.2) is 75.0 Å². The Morgan fingerprint density at radius 3 is 1.29 bits per heavy atom. The molecule has 2 amide bonds. The van der Waals surface area contributed by atoms with Crippen LogP contribution < -0.4 is 10.6 Å². The molecule has 0 aliphatic rings. The van der Waals surface area contributed by atoms with E-state index in [1.54, 1.807) is 0 Å². The molecule has 0 aliphatic heterocycles. The van der Waals surface area contributed by atoms with Gasteiger partial charge < -0.3 is 10.6 Å². The van der Waals surface area contributed by atoms with Crippen molar-refractivity contribution >= 4 is 11.8 Å². The molecule has 0 aliphatic carbocycles. The molecule has 2 unspecified atom stereocenters. The van der Waals surface area contributed by atoms with Gasteiger partial charge in [0.2, 0.25) is 11.8 Å². The van der Waals surface area contributed by atoms with Gasteiger partial charge in [-0.2, -0.15) is 0 Å². The maximum atomic E-state index is 12.0. The number of nitrogens with one attached hydrogen (secondary N) is 2. The van der Waals surface area contributed by atoms with E-state index in [0.29, 0.717) is 0 Å².